The van der Waals surface area contributed by atoms with Crippen LogP contribution in [0.15, 0.2) is 54.6 Å². The first-order valence-electron chi connectivity index (χ1n) is 11.5. The summed E-state index contributed by atoms with van der Waals surface area (Å²) in [7, 11) is 0. The maximum absolute atomic E-state index is 13.7. The van der Waals surface area contributed by atoms with Gasteiger partial charge in [0.25, 0.3) is 0 Å². The molecule has 30 heavy (non-hydrogen) atoms. The number of nitrogens with zero attached hydrogens (tertiary/aromatic N) is 1. The highest BCUT2D eigenvalue weighted by Gasteiger charge is 2.40. The van der Waals surface area contributed by atoms with Crippen LogP contribution < -0.4 is 0 Å². The van der Waals surface area contributed by atoms with Crippen molar-refractivity contribution in [2.75, 3.05) is 32.8 Å². The van der Waals surface area contributed by atoms with Gasteiger partial charge in [-0.2, -0.15) is 0 Å². The molecule has 0 bridgehead atoms. The second-order valence-electron chi connectivity index (χ2n) is 8.47. The first-order valence-corrected chi connectivity index (χ1v) is 11.5. The van der Waals surface area contributed by atoms with Crippen LogP contribution in [0.2, 0.25) is 0 Å². The normalized spacial score (nSPS) is 18.1. The van der Waals surface area contributed by atoms with Gasteiger partial charge in [-0.05, 0) is 29.7 Å². The summed E-state index contributed by atoms with van der Waals surface area (Å²) in [5.41, 5.74) is 0.894. The SMILES string of the molecule is CCCCCCC[C@@](O)(c1ccc(F)cc1)[C@@H](CN1CCOCC1)c1ccccc1. The lowest BCUT2D eigenvalue weighted by Gasteiger charge is -2.41. The standard InChI is InChI=1S/C26H36FNO2/c1-2-3-4-5-9-16-26(29,23-12-14-24(27)15-13-23)25(22-10-7-6-8-11-22)21-28-17-19-30-20-18-28/h6-8,10-15,25,29H,2-5,9,16-21H2,1H3/t25-,26+/m0/s1. The number of benzene rings is 2. The van der Waals surface area contributed by atoms with Crippen LogP contribution in [0, 0.1) is 5.82 Å². The van der Waals surface area contributed by atoms with Crippen molar-refractivity contribution in [2.45, 2.75) is 57.0 Å². The van der Waals surface area contributed by atoms with Crippen molar-refractivity contribution < 1.29 is 14.2 Å². The van der Waals surface area contributed by atoms with E-state index in [0.29, 0.717) is 6.42 Å². The maximum atomic E-state index is 13.7. The first kappa shape index (κ1) is 22.9. The molecular formula is C26H36FNO2. The van der Waals surface area contributed by atoms with Crippen LogP contribution in [0.3, 0.4) is 0 Å². The third kappa shape index (κ3) is 6.13. The molecule has 3 nitrogen and oxygen atoms in total. The number of unbranched alkanes of at least 4 members (excludes halogenated alkanes) is 4. The van der Waals surface area contributed by atoms with Crippen molar-refractivity contribution in [3.8, 4) is 0 Å². The summed E-state index contributed by atoms with van der Waals surface area (Å²) in [5.74, 6) is -0.359. The van der Waals surface area contributed by atoms with Crippen LogP contribution in [0.1, 0.15) is 62.5 Å². The molecule has 0 amide bonds. The van der Waals surface area contributed by atoms with Crippen molar-refractivity contribution in [1.29, 1.82) is 0 Å². The lowest BCUT2D eigenvalue weighted by atomic mass is 9.74. The number of morpholine rings is 1. The van der Waals surface area contributed by atoms with Crippen LogP contribution in [-0.2, 0) is 10.3 Å². The monoisotopic (exact) mass is 413 g/mol. The predicted octanol–water partition coefficient (Wildman–Crippen LogP) is 5.49. The Morgan fingerprint density at radius 2 is 1.63 bits per heavy atom. The van der Waals surface area contributed by atoms with E-state index in [9.17, 15) is 9.50 Å². The molecule has 3 rings (SSSR count). The topological polar surface area (TPSA) is 32.7 Å². The van der Waals surface area contributed by atoms with E-state index in [-0.39, 0.29) is 11.7 Å². The van der Waals surface area contributed by atoms with Crippen LogP contribution in [-0.4, -0.2) is 42.9 Å². The minimum atomic E-state index is -1.04. The summed E-state index contributed by atoms with van der Waals surface area (Å²) in [4.78, 5) is 2.38. The Labute approximate surface area is 180 Å². The molecule has 0 radical (unpaired) electrons. The van der Waals surface area contributed by atoms with Crippen molar-refractivity contribution >= 4 is 0 Å². The highest BCUT2D eigenvalue weighted by Crippen LogP contribution is 2.42. The minimum Gasteiger partial charge on any atom is -0.384 e. The molecule has 0 unspecified atom stereocenters. The Bertz CT molecular complexity index is 730. The second kappa shape index (κ2) is 11.6. The summed E-state index contributed by atoms with van der Waals surface area (Å²) in [6.07, 6.45) is 6.36. The van der Waals surface area contributed by atoms with E-state index in [2.05, 4.69) is 24.0 Å². The van der Waals surface area contributed by atoms with Gasteiger partial charge >= 0.3 is 0 Å². The van der Waals surface area contributed by atoms with Gasteiger partial charge in [-0.25, -0.2) is 4.39 Å². The fraction of sp³-hybridized carbons (Fsp3) is 0.538. The molecule has 1 aliphatic rings. The number of ether oxygens (including phenoxy) is 1. The van der Waals surface area contributed by atoms with E-state index < -0.39 is 5.60 Å². The lowest BCUT2D eigenvalue weighted by Crippen LogP contribution is -2.45. The Kier molecular flexibility index (Phi) is 8.86. The van der Waals surface area contributed by atoms with E-state index in [1.807, 2.05) is 18.2 Å². The highest BCUT2D eigenvalue weighted by atomic mass is 19.1. The van der Waals surface area contributed by atoms with E-state index >= 15 is 0 Å². The largest absolute Gasteiger partial charge is 0.384 e. The molecule has 1 N–H and O–H groups in total. The van der Waals surface area contributed by atoms with Crippen LogP contribution in [0.4, 0.5) is 4.39 Å². The average Bonchev–Trinajstić information content (AvgIpc) is 2.79. The van der Waals surface area contributed by atoms with E-state index in [1.54, 1.807) is 12.1 Å². The molecule has 4 heteroatoms. The molecule has 1 fully saturated rings. The van der Waals surface area contributed by atoms with Crippen molar-refractivity contribution in [2.24, 2.45) is 0 Å². The molecule has 1 saturated heterocycles. The number of halogens is 1. The molecule has 1 heterocycles. The molecule has 0 aliphatic carbocycles. The second-order valence-corrected chi connectivity index (χ2v) is 8.47. The van der Waals surface area contributed by atoms with Crippen molar-refractivity contribution in [1.82, 2.24) is 4.90 Å². The van der Waals surface area contributed by atoms with Gasteiger partial charge < -0.3 is 9.84 Å². The van der Waals surface area contributed by atoms with Crippen LogP contribution in [0.5, 0.6) is 0 Å². The molecule has 164 valence electrons. The van der Waals surface area contributed by atoms with Gasteiger partial charge in [-0.3, -0.25) is 4.90 Å². The van der Waals surface area contributed by atoms with Gasteiger partial charge in [0.15, 0.2) is 0 Å². The van der Waals surface area contributed by atoms with Gasteiger partial charge in [-0.1, -0.05) is 81.5 Å². The fourth-order valence-corrected chi connectivity index (χ4v) is 4.52. The highest BCUT2D eigenvalue weighted by molar-refractivity contribution is 5.32. The van der Waals surface area contributed by atoms with Crippen molar-refractivity contribution in [3.63, 3.8) is 0 Å². The fourth-order valence-electron chi connectivity index (χ4n) is 4.52. The number of aliphatic hydroxyl groups is 1. The Balaban J connectivity index is 1.90. The zero-order chi connectivity index (χ0) is 21.2. The molecule has 2 atom stereocenters. The molecular weight excluding hydrogens is 377 g/mol. The lowest BCUT2D eigenvalue weighted by molar-refractivity contribution is -0.0296. The summed E-state index contributed by atoms with van der Waals surface area (Å²) in [6, 6.07) is 16.8. The van der Waals surface area contributed by atoms with Gasteiger partial charge in [0, 0.05) is 25.6 Å². The van der Waals surface area contributed by atoms with Gasteiger partial charge in [-0.15, -0.1) is 0 Å². The summed E-state index contributed by atoms with van der Waals surface area (Å²) in [6.45, 7) is 6.18. The van der Waals surface area contributed by atoms with Crippen molar-refractivity contribution in [3.05, 3.63) is 71.5 Å². The molecule has 0 spiro atoms. The third-order valence-corrected chi connectivity index (χ3v) is 6.33. The predicted molar refractivity (Wildman–Crippen MR) is 120 cm³/mol. The van der Waals surface area contributed by atoms with Gasteiger partial charge in [0.1, 0.15) is 5.82 Å². The van der Waals surface area contributed by atoms with Crippen LogP contribution in [0.25, 0.3) is 0 Å². The van der Waals surface area contributed by atoms with Crippen LogP contribution >= 0.6 is 0 Å². The van der Waals surface area contributed by atoms with E-state index in [4.69, 9.17) is 4.74 Å². The average molecular weight is 414 g/mol. The molecule has 0 aromatic heterocycles. The summed E-state index contributed by atoms with van der Waals surface area (Å²) < 4.78 is 19.2. The molecule has 2 aromatic carbocycles. The molecule has 1 aliphatic heterocycles. The minimum absolute atomic E-state index is 0.0894. The summed E-state index contributed by atoms with van der Waals surface area (Å²) in [5, 5.41) is 12.2. The number of hydrogen-bond donors (Lipinski definition) is 1. The molecule has 2 aromatic rings. The van der Waals surface area contributed by atoms with Gasteiger partial charge in [0.05, 0.1) is 18.8 Å². The quantitative estimate of drug-likeness (QED) is 0.495. The number of rotatable bonds is 11. The first-order chi connectivity index (χ1) is 14.6. The zero-order valence-corrected chi connectivity index (χ0v) is 18.2. The number of hydrogen-bond acceptors (Lipinski definition) is 3. The van der Waals surface area contributed by atoms with E-state index in [0.717, 1.165) is 56.8 Å². The van der Waals surface area contributed by atoms with E-state index in [1.165, 1.54) is 31.4 Å². The third-order valence-electron chi connectivity index (χ3n) is 6.33. The zero-order valence-electron chi connectivity index (χ0n) is 18.2. The maximum Gasteiger partial charge on any atom is 0.123 e. The molecule has 0 saturated carbocycles. The summed E-state index contributed by atoms with van der Waals surface area (Å²) >= 11 is 0. The smallest absolute Gasteiger partial charge is 0.123 e. The Morgan fingerprint density at radius 1 is 0.967 bits per heavy atom. The Hall–Kier alpha value is -1.75. The Morgan fingerprint density at radius 3 is 2.30 bits per heavy atom. The van der Waals surface area contributed by atoms with Gasteiger partial charge in [0.2, 0.25) is 0 Å².